The molecule has 5 nitrogen and oxygen atoms in total. The Morgan fingerprint density at radius 3 is 2.11 bits per heavy atom. The van der Waals surface area contributed by atoms with Gasteiger partial charge in [0, 0.05) is 5.56 Å². The van der Waals surface area contributed by atoms with Crippen LogP contribution in [0.5, 0.6) is 0 Å². The molecule has 0 atom stereocenters. The maximum atomic E-state index is 12.5. The van der Waals surface area contributed by atoms with Crippen LogP contribution in [0.2, 0.25) is 0 Å². The highest BCUT2D eigenvalue weighted by Gasteiger charge is 2.26. The zero-order valence-electron chi connectivity index (χ0n) is 14.5. The number of benzene rings is 3. The van der Waals surface area contributed by atoms with Crippen LogP contribution in [0.25, 0.3) is 11.3 Å². The molecule has 0 fully saturated rings. The third-order valence-electron chi connectivity index (χ3n) is 4.13. The van der Waals surface area contributed by atoms with E-state index < -0.39 is 0 Å². The first-order chi connectivity index (χ1) is 13.3. The lowest BCUT2D eigenvalue weighted by Crippen LogP contribution is -2.38. The molecule has 1 aromatic heterocycles. The van der Waals surface area contributed by atoms with E-state index in [0.29, 0.717) is 17.8 Å². The first-order valence-electron chi connectivity index (χ1n) is 8.61. The van der Waals surface area contributed by atoms with Crippen molar-refractivity contribution in [2.24, 2.45) is 4.99 Å². The summed E-state index contributed by atoms with van der Waals surface area (Å²) in [6.07, 6.45) is 0. The van der Waals surface area contributed by atoms with Crippen molar-refractivity contribution in [1.82, 2.24) is 5.27 Å². The Balaban J connectivity index is 1.78. The highest BCUT2D eigenvalue weighted by atomic mass is 16.5. The van der Waals surface area contributed by atoms with Crippen molar-refractivity contribution in [2.45, 2.75) is 6.54 Å². The topological polar surface area (TPSA) is 65.3 Å². The predicted molar refractivity (Wildman–Crippen MR) is 100 cm³/mol. The number of hydrogen-bond donors (Lipinski definition) is 0. The van der Waals surface area contributed by atoms with E-state index in [2.05, 4.69) is 10.3 Å². The number of nitrogens with zero attached hydrogens (tertiary/aromatic N) is 3. The van der Waals surface area contributed by atoms with Gasteiger partial charge in [-0.3, -0.25) is 4.52 Å². The van der Waals surface area contributed by atoms with Gasteiger partial charge in [0.05, 0.1) is 5.56 Å². The van der Waals surface area contributed by atoms with E-state index in [0.717, 1.165) is 11.1 Å². The van der Waals surface area contributed by atoms with Crippen molar-refractivity contribution in [2.75, 3.05) is 0 Å². The SMILES string of the molecule is [O-]C(=Nc1on[n+](Cc2ccccc2)c1-c1ccccc1)c1ccccc1. The fraction of sp³-hybridized carbons (Fsp3) is 0.0455. The van der Waals surface area contributed by atoms with Gasteiger partial charge in [0.25, 0.3) is 0 Å². The number of aliphatic imine (C=N–C) groups is 1. The van der Waals surface area contributed by atoms with Crippen molar-refractivity contribution in [3.8, 4) is 11.3 Å². The van der Waals surface area contributed by atoms with Crippen molar-refractivity contribution < 1.29 is 14.3 Å². The van der Waals surface area contributed by atoms with Crippen LogP contribution in [0.3, 0.4) is 0 Å². The van der Waals surface area contributed by atoms with Crippen LogP contribution in [-0.4, -0.2) is 11.2 Å². The largest absolute Gasteiger partial charge is 0.858 e. The Hall–Kier alpha value is -3.73. The summed E-state index contributed by atoms with van der Waals surface area (Å²) in [6, 6.07) is 28.5. The first kappa shape index (κ1) is 16.7. The second-order valence-corrected chi connectivity index (χ2v) is 6.02. The standard InChI is InChI=1S/C22H17N3O2/c26-21(19-14-8-3-9-15-19)23-22-20(18-12-6-2-7-13-18)25(24-27-22)16-17-10-4-1-5-11-17/h1-15H,16H2. The van der Waals surface area contributed by atoms with E-state index in [1.54, 1.807) is 28.9 Å². The minimum absolute atomic E-state index is 0.200. The minimum Gasteiger partial charge on any atom is -0.858 e. The van der Waals surface area contributed by atoms with Crippen LogP contribution in [0.1, 0.15) is 11.1 Å². The minimum atomic E-state index is -0.365. The van der Waals surface area contributed by atoms with Gasteiger partial charge in [-0.15, -0.1) is 0 Å². The lowest BCUT2D eigenvalue weighted by Gasteiger charge is -2.08. The molecular weight excluding hydrogens is 338 g/mol. The number of rotatable bonds is 5. The summed E-state index contributed by atoms with van der Waals surface area (Å²) in [5, 5.41) is 16.6. The van der Waals surface area contributed by atoms with Gasteiger partial charge in [0.15, 0.2) is 0 Å². The van der Waals surface area contributed by atoms with Crippen LogP contribution in [0.4, 0.5) is 5.88 Å². The number of aromatic nitrogens is 2. The third-order valence-corrected chi connectivity index (χ3v) is 4.13. The molecule has 3 aromatic carbocycles. The molecule has 5 heteroatoms. The quantitative estimate of drug-likeness (QED) is 0.314. The molecule has 0 bridgehead atoms. The van der Waals surface area contributed by atoms with Crippen molar-refractivity contribution >= 4 is 11.8 Å². The molecule has 0 unspecified atom stereocenters. The molecule has 0 amide bonds. The van der Waals surface area contributed by atoms with Crippen molar-refractivity contribution in [3.63, 3.8) is 0 Å². The van der Waals surface area contributed by atoms with Crippen LogP contribution in [-0.2, 0) is 6.54 Å². The Bertz CT molecular complexity index is 1040. The van der Waals surface area contributed by atoms with E-state index in [4.69, 9.17) is 4.52 Å². The van der Waals surface area contributed by atoms with E-state index in [1.165, 1.54) is 0 Å². The summed E-state index contributed by atoms with van der Waals surface area (Å²) >= 11 is 0. The van der Waals surface area contributed by atoms with E-state index >= 15 is 0 Å². The second-order valence-electron chi connectivity index (χ2n) is 6.02. The van der Waals surface area contributed by atoms with Gasteiger partial charge in [-0.25, -0.2) is 4.99 Å². The number of hydrogen-bond acceptors (Lipinski definition) is 4. The zero-order chi connectivity index (χ0) is 18.5. The smallest absolute Gasteiger partial charge is 0.329 e. The zero-order valence-corrected chi connectivity index (χ0v) is 14.5. The summed E-state index contributed by atoms with van der Waals surface area (Å²) in [5.74, 6) is -0.165. The summed E-state index contributed by atoms with van der Waals surface area (Å²) in [5.41, 5.74) is 3.13. The van der Waals surface area contributed by atoms with Crippen molar-refractivity contribution in [3.05, 3.63) is 102 Å². The molecular formula is C22H17N3O2. The molecule has 4 aromatic rings. The average Bonchev–Trinajstić information content (AvgIpc) is 3.12. The molecule has 0 aliphatic rings. The molecule has 0 spiro atoms. The lowest BCUT2D eigenvalue weighted by molar-refractivity contribution is -0.745. The van der Waals surface area contributed by atoms with Gasteiger partial charge in [0.1, 0.15) is 0 Å². The summed E-state index contributed by atoms with van der Waals surface area (Å²) in [7, 11) is 0. The average molecular weight is 355 g/mol. The molecule has 132 valence electrons. The van der Waals surface area contributed by atoms with Gasteiger partial charge in [-0.2, -0.15) is 0 Å². The maximum absolute atomic E-state index is 12.5. The molecule has 1 heterocycles. The summed E-state index contributed by atoms with van der Waals surface area (Å²) < 4.78 is 7.16. The molecule has 0 aliphatic carbocycles. The Morgan fingerprint density at radius 1 is 0.852 bits per heavy atom. The third kappa shape index (κ3) is 3.77. The molecule has 0 saturated heterocycles. The highest BCUT2D eigenvalue weighted by molar-refractivity contribution is 5.92. The van der Waals surface area contributed by atoms with Crippen LogP contribution < -0.4 is 9.79 Å². The molecule has 0 N–H and O–H groups in total. The van der Waals surface area contributed by atoms with Gasteiger partial charge in [0.2, 0.25) is 11.8 Å². The van der Waals surface area contributed by atoms with Gasteiger partial charge in [-0.05, 0) is 28.3 Å². The van der Waals surface area contributed by atoms with Crippen LogP contribution in [0.15, 0.2) is 101 Å². The van der Waals surface area contributed by atoms with Gasteiger partial charge in [-0.1, -0.05) is 78.9 Å². The second kappa shape index (κ2) is 7.66. The molecule has 27 heavy (non-hydrogen) atoms. The predicted octanol–water partition coefficient (Wildman–Crippen LogP) is 3.12. The molecule has 0 saturated carbocycles. The van der Waals surface area contributed by atoms with E-state index in [9.17, 15) is 5.11 Å². The molecule has 0 radical (unpaired) electrons. The van der Waals surface area contributed by atoms with E-state index in [-0.39, 0.29) is 11.8 Å². The highest BCUT2D eigenvalue weighted by Crippen LogP contribution is 2.27. The van der Waals surface area contributed by atoms with Gasteiger partial charge < -0.3 is 5.11 Å². The fourth-order valence-electron chi connectivity index (χ4n) is 2.83. The van der Waals surface area contributed by atoms with Gasteiger partial charge >= 0.3 is 11.6 Å². The van der Waals surface area contributed by atoms with Crippen molar-refractivity contribution in [1.29, 1.82) is 0 Å². The first-order valence-corrected chi connectivity index (χ1v) is 8.61. The molecule has 0 aliphatic heterocycles. The Labute approximate surface area is 156 Å². The lowest BCUT2D eigenvalue weighted by atomic mass is 10.1. The summed E-state index contributed by atoms with van der Waals surface area (Å²) in [6.45, 7) is 0.517. The maximum Gasteiger partial charge on any atom is 0.329 e. The molecule has 4 rings (SSSR count). The fourth-order valence-corrected chi connectivity index (χ4v) is 2.83. The Kier molecular flexibility index (Phi) is 4.74. The van der Waals surface area contributed by atoms with E-state index in [1.807, 2.05) is 66.7 Å². The van der Waals surface area contributed by atoms with Crippen LogP contribution >= 0.6 is 0 Å². The van der Waals surface area contributed by atoms with Crippen LogP contribution in [0, 0.1) is 0 Å². The monoisotopic (exact) mass is 355 g/mol. The summed E-state index contributed by atoms with van der Waals surface area (Å²) in [4.78, 5) is 4.18. The normalized spacial score (nSPS) is 11.5. The Morgan fingerprint density at radius 2 is 1.44 bits per heavy atom.